The van der Waals surface area contributed by atoms with Gasteiger partial charge in [-0.25, -0.2) is 0 Å². The van der Waals surface area contributed by atoms with E-state index in [4.69, 9.17) is 16.5 Å². The number of aryl methyl sites for hydroxylation is 1. The van der Waals surface area contributed by atoms with Crippen molar-refractivity contribution in [1.29, 1.82) is 0 Å². The predicted molar refractivity (Wildman–Crippen MR) is 144 cm³/mol. The highest BCUT2D eigenvalue weighted by atomic mass is 16.6. The highest BCUT2D eigenvalue weighted by molar-refractivity contribution is 6.25. The molecule has 3 aliphatic carbocycles. The van der Waals surface area contributed by atoms with Crippen molar-refractivity contribution < 1.29 is 34.5 Å². The second-order valence-corrected chi connectivity index (χ2v) is 11.2. The number of unbranched alkanes of at least 4 members (excludes halogenated alkanes) is 2. The van der Waals surface area contributed by atoms with E-state index in [1.165, 1.54) is 0 Å². The first-order valence-corrected chi connectivity index (χ1v) is 13.2. The molecule has 7 N–H and O–H groups in total. The fourth-order valence-corrected chi connectivity index (χ4v) is 6.62. The molecular weight excluding hydrogens is 504 g/mol. The number of nitrogens with two attached hydrogens (primary N) is 2. The van der Waals surface area contributed by atoms with Gasteiger partial charge >= 0.3 is 0 Å². The number of Topliss-reactive ketones (excluding diaryl/α,β-unsaturated/α-hetero) is 2. The van der Waals surface area contributed by atoms with Crippen LogP contribution in [0.4, 0.5) is 5.69 Å². The lowest BCUT2D eigenvalue weighted by molar-refractivity contribution is -0.148. The molecule has 0 unspecified atom stereocenters. The monoisotopic (exact) mass is 542 g/mol. The van der Waals surface area contributed by atoms with Crippen LogP contribution in [0.1, 0.15) is 54.1 Å². The summed E-state index contributed by atoms with van der Waals surface area (Å²) in [5.41, 5.74) is 4.31. The number of amides is 1. The summed E-state index contributed by atoms with van der Waals surface area (Å²) in [5.74, 6) is -0.158. The van der Waals surface area contributed by atoms with Gasteiger partial charge < -0.3 is 30.8 Å². The van der Waals surface area contributed by atoms with Gasteiger partial charge in [0.15, 0.2) is 17.1 Å². The van der Waals surface area contributed by atoms with Crippen LogP contribution in [0.25, 0.3) is 0 Å². The van der Waals surface area contributed by atoms with Crippen LogP contribution in [-0.4, -0.2) is 77.5 Å². The number of rotatable bonds is 8. The SMILES string of the molecule is CCCCCc1cc(N(C)C)c2c(c1ON)C(=O)C1=C(O)[C@]3(O)C(=O)C(C(N)=O)=C(O)[C@@H](N(C)C)[C@@H]3C[C@@H]1C2. The van der Waals surface area contributed by atoms with Gasteiger partial charge in [0.1, 0.15) is 17.1 Å². The van der Waals surface area contributed by atoms with Crippen LogP contribution in [0.3, 0.4) is 0 Å². The Morgan fingerprint density at radius 2 is 1.85 bits per heavy atom. The van der Waals surface area contributed by atoms with Gasteiger partial charge in [0.05, 0.1) is 11.6 Å². The third kappa shape index (κ3) is 4.19. The number of aliphatic hydroxyl groups is 3. The fourth-order valence-electron chi connectivity index (χ4n) is 6.62. The minimum atomic E-state index is -2.63. The Bertz CT molecular complexity index is 1300. The fraction of sp³-hybridized carbons (Fsp3) is 0.536. The van der Waals surface area contributed by atoms with E-state index in [0.29, 0.717) is 18.4 Å². The lowest BCUT2D eigenvalue weighted by Crippen LogP contribution is -2.63. The van der Waals surface area contributed by atoms with Gasteiger partial charge in [-0.1, -0.05) is 19.8 Å². The van der Waals surface area contributed by atoms with Gasteiger partial charge in [0, 0.05) is 31.3 Å². The molecule has 0 fully saturated rings. The molecule has 3 aliphatic rings. The molecular formula is C28H38N4O7. The van der Waals surface area contributed by atoms with E-state index in [0.717, 1.165) is 30.5 Å². The van der Waals surface area contributed by atoms with E-state index in [-0.39, 0.29) is 23.3 Å². The van der Waals surface area contributed by atoms with Crippen molar-refractivity contribution in [2.24, 2.45) is 23.5 Å². The van der Waals surface area contributed by atoms with E-state index >= 15 is 0 Å². The number of aliphatic hydroxyl groups excluding tert-OH is 2. The molecule has 0 saturated carbocycles. The highest BCUT2D eigenvalue weighted by Gasteiger charge is 2.63. The molecule has 0 bridgehead atoms. The van der Waals surface area contributed by atoms with Crippen molar-refractivity contribution in [1.82, 2.24) is 4.90 Å². The Labute approximate surface area is 227 Å². The number of hydrogen-bond acceptors (Lipinski definition) is 10. The molecule has 1 amide bonds. The second kappa shape index (κ2) is 10.3. The molecule has 1 aromatic carbocycles. The maximum absolute atomic E-state index is 14.2. The number of benzene rings is 1. The molecule has 4 atom stereocenters. The molecule has 4 rings (SSSR count). The van der Waals surface area contributed by atoms with Gasteiger partial charge in [-0.15, -0.1) is 0 Å². The molecule has 0 aliphatic heterocycles. The molecule has 1 aromatic rings. The Balaban J connectivity index is 1.96. The summed E-state index contributed by atoms with van der Waals surface area (Å²) in [5, 5.41) is 34.2. The summed E-state index contributed by atoms with van der Waals surface area (Å²) in [6.45, 7) is 2.09. The second-order valence-electron chi connectivity index (χ2n) is 11.2. The van der Waals surface area contributed by atoms with Gasteiger partial charge in [-0.2, -0.15) is 5.90 Å². The van der Waals surface area contributed by atoms with Gasteiger partial charge in [-0.05, 0) is 62.9 Å². The van der Waals surface area contributed by atoms with Gasteiger partial charge in [0.25, 0.3) is 5.91 Å². The zero-order valence-corrected chi connectivity index (χ0v) is 23.1. The van der Waals surface area contributed by atoms with E-state index in [1.807, 2.05) is 25.1 Å². The number of allylic oxidation sites excluding steroid dienone is 1. The number of carbonyl (C=O) groups is 3. The van der Waals surface area contributed by atoms with Crippen LogP contribution in [0.15, 0.2) is 28.7 Å². The van der Waals surface area contributed by atoms with Gasteiger partial charge in [0.2, 0.25) is 5.78 Å². The first-order chi connectivity index (χ1) is 18.3. The number of hydrogen-bond donors (Lipinski definition) is 5. The number of anilines is 1. The summed E-state index contributed by atoms with van der Waals surface area (Å²) in [6.07, 6.45) is 3.84. The Kier molecular flexibility index (Phi) is 7.54. The number of likely N-dealkylation sites (N-methyl/N-ethyl adjacent to an activating group) is 1. The molecule has 0 aromatic heterocycles. The third-order valence-electron chi connectivity index (χ3n) is 8.41. The summed E-state index contributed by atoms with van der Waals surface area (Å²) in [7, 11) is 6.97. The normalized spacial score (nSPS) is 26.4. The van der Waals surface area contributed by atoms with Crippen molar-refractivity contribution >= 4 is 23.2 Å². The zero-order valence-electron chi connectivity index (χ0n) is 23.1. The molecule has 0 saturated heterocycles. The van der Waals surface area contributed by atoms with Crippen molar-refractivity contribution in [2.45, 2.75) is 57.1 Å². The average molecular weight is 543 g/mol. The zero-order chi connectivity index (χ0) is 29.0. The first-order valence-electron chi connectivity index (χ1n) is 13.2. The molecule has 11 nitrogen and oxygen atoms in total. The maximum Gasteiger partial charge on any atom is 0.255 e. The number of primary amides is 1. The van der Waals surface area contributed by atoms with E-state index in [9.17, 15) is 29.7 Å². The molecule has 39 heavy (non-hydrogen) atoms. The quantitative estimate of drug-likeness (QED) is 0.183. The minimum absolute atomic E-state index is 0.0791. The van der Waals surface area contributed by atoms with Gasteiger partial charge in [-0.3, -0.25) is 19.3 Å². The van der Waals surface area contributed by atoms with Crippen molar-refractivity contribution in [3.8, 4) is 5.75 Å². The van der Waals surface area contributed by atoms with Crippen molar-refractivity contribution in [3.05, 3.63) is 45.4 Å². The third-order valence-corrected chi connectivity index (χ3v) is 8.41. The van der Waals surface area contributed by atoms with Crippen molar-refractivity contribution in [3.63, 3.8) is 0 Å². The highest BCUT2D eigenvalue weighted by Crippen LogP contribution is 2.53. The van der Waals surface area contributed by atoms with Crippen LogP contribution < -0.4 is 21.4 Å². The molecule has 212 valence electrons. The summed E-state index contributed by atoms with van der Waals surface area (Å²) in [6, 6.07) is 0.964. The number of nitrogens with zero attached hydrogens (tertiary/aromatic N) is 2. The maximum atomic E-state index is 14.2. The number of ketones is 2. The number of fused-ring (bicyclic) bond motifs is 3. The van der Waals surface area contributed by atoms with Crippen molar-refractivity contribution in [2.75, 3.05) is 33.1 Å². The Morgan fingerprint density at radius 3 is 2.38 bits per heavy atom. The van der Waals surface area contributed by atoms with E-state index < -0.39 is 58.0 Å². The molecule has 0 heterocycles. The van der Waals surface area contributed by atoms with Crippen LogP contribution in [0, 0.1) is 11.8 Å². The average Bonchev–Trinajstić information content (AvgIpc) is 2.85. The molecule has 0 radical (unpaired) electrons. The Morgan fingerprint density at radius 1 is 1.18 bits per heavy atom. The van der Waals surface area contributed by atoms with Crippen LogP contribution in [0.2, 0.25) is 0 Å². The molecule has 0 spiro atoms. The summed E-state index contributed by atoms with van der Waals surface area (Å²) >= 11 is 0. The topological polar surface area (TPSA) is 180 Å². The molecule has 11 heteroatoms. The lowest BCUT2D eigenvalue weighted by atomic mass is 9.58. The largest absolute Gasteiger partial charge is 0.510 e. The standard InChI is InChI=1S/C28H38N4O7/c1-6-7-8-9-13-12-17(31(2)3)15-10-14-11-16-21(32(4)5)23(34)20(27(29)37)26(36)28(16,38)25(35)18(14)22(33)19(15)24(13)39-30/h12,14,16,21,34-35,38H,6-11,30H2,1-5H3,(H2,29,37)/t14-,16-,21-,28-/m0/s1. The number of carbonyl (C=O) groups excluding carboxylic acids is 3. The lowest BCUT2D eigenvalue weighted by Gasteiger charge is -2.50. The minimum Gasteiger partial charge on any atom is -0.510 e. The first kappa shape index (κ1) is 28.6. The van der Waals surface area contributed by atoms with E-state index in [1.54, 1.807) is 19.0 Å². The smallest absolute Gasteiger partial charge is 0.255 e. The van der Waals surface area contributed by atoms with Crippen LogP contribution in [-0.2, 0) is 22.4 Å². The predicted octanol–water partition coefficient (Wildman–Crippen LogP) is 1.47. The van der Waals surface area contributed by atoms with Crippen LogP contribution in [0.5, 0.6) is 5.75 Å². The summed E-state index contributed by atoms with van der Waals surface area (Å²) in [4.78, 5) is 48.5. The Hall–Kier alpha value is -3.41. The van der Waals surface area contributed by atoms with Crippen LogP contribution >= 0.6 is 0 Å². The summed E-state index contributed by atoms with van der Waals surface area (Å²) < 4.78 is 0. The van der Waals surface area contributed by atoms with E-state index in [2.05, 4.69) is 6.92 Å².